The second-order valence-corrected chi connectivity index (χ2v) is 5.12. The third kappa shape index (κ3) is 7.30. The number of rotatable bonds is 6. The van der Waals surface area contributed by atoms with E-state index in [1.54, 1.807) is 6.08 Å². The Hall–Kier alpha value is -1.76. The van der Waals surface area contributed by atoms with Gasteiger partial charge in [0.25, 0.3) is 0 Å². The van der Waals surface area contributed by atoms with Gasteiger partial charge in [0.15, 0.2) is 0 Å². The summed E-state index contributed by atoms with van der Waals surface area (Å²) in [7, 11) is 0. The quantitative estimate of drug-likeness (QED) is 0.428. The first-order valence-electron chi connectivity index (χ1n) is 6.45. The van der Waals surface area contributed by atoms with E-state index in [4.69, 9.17) is 4.74 Å². The summed E-state index contributed by atoms with van der Waals surface area (Å²) in [6, 6.07) is 0. The van der Waals surface area contributed by atoms with Gasteiger partial charge < -0.3 is 4.74 Å². The second kappa shape index (κ2) is 8.36. The molecule has 19 heavy (non-hydrogen) atoms. The van der Waals surface area contributed by atoms with Gasteiger partial charge in [-0.25, -0.2) is 0 Å². The fraction of sp³-hybridized carbons (Fsp3) is 0.333. The first-order chi connectivity index (χ1) is 8.77. The molecule has 0 spiro atoms. The van der Waals surface area contributed by atoms with Gasteiger partial charge in [0, 0.05) is 0 Å². The number of hydrogen-bond donors (Lipinski definition) is 0. The Labute approximate surface area is 118 Å². The zero-order chi connectivity index (χ0) is 15.0. The van der Waals surface area contributed by atoms with Gasteiger partial charge >= 0.3 is 0 Å². The predicted molar refractivity (Wildman–Crippen MR) is 85.7 cm³/mol. The Morgan fingerprint density at radius 3 is 1.89 bits per heavy atom. The van der Waals surface area contributed by atoms with Crippen molar-refractivity contribution < 1.29 is 4.74 Å². The Morgan fingerprint density at radius 1 is 0.947 bits per heavy atom. The lowest BCUT2D eigenvalue weighted by Gasteiger charge is -2.13. The highest BCUT2D eigenvalue weighted by Crippen LogP contribution is 2.21. The molecule has 0 aliphatic heterocycles. The minimum atomic E-state index is 0.742. The van der Waals surface area contributed by atoms with Crippen molar-refractivity contribution in [3.8, 4) is 0 Å². The molecule has 0 aliphatic carbocycles. The van der Waals surface area contributed by atoms with Crippen molar-refractivity contribution >= 4 is 0 Å². The Kier molecular flexibility index (Phi) is 7.59. The number of hydrogen-bond acceptors (Lipinski definition) is 1. The van der Waals surface area contributed by atoms with Gasteiger partial charge in [0.05, 0.1) is 0 Å². The smallest absolute Gasteiger partial charge is 0.128 e. The molecule has 0 aromatic heterocycles. The summed E-state index contributed by atoms with van der Waals surface area (Å²) >= 11 is 0. The van der Waals surface area contributed by atoms with E-state index < -0.39 is 0 Å². The Morgan fingerprint density at radius 2 is 1.53 bits per heavy atom. The summed E-state index contributed by atoms with van der Waals surface area (Å²) < 4.78 is 5.94. The molecule has 0 aromatic carbocycles. The molecule has 0 radical (unpaired) electrons. The molecule has 1 nitrogen and oxygen atoms in total. The second-order valence-electron chi connectivity index (χ2n) is 5.12. The molecular formula is C18H26O. The van der Waals surface area contributed by atoms with E-state index in [9.17, 15) is 0 Å². The first kappa shape index (κ1) is 17.2. The van der Waals surface area contributed by atoms with E-state index >= 15 is 0 Å². The summed E-state index contributed by atoms with van der Waals surface area (Å²) in [4.78, 5) is 0. The van der Waals surface area contributed by atoms with Crippen LogP contribution in [0, 0.1) is 0 Å². The molecular weight excluding hydrogens is 232 g/mol. The fourth-order valence-electron chi connectivity index (χ4n) is 1.52. The molecule has 104 valence electrons. The van der Waals surface area contributed by atoms with Crippen molar-refractivity contribution in [3.05, 3.63) is 71.3 Å². The summed E-state index contributed by atoms with van der Waals surface area (Å²) in [6.07, 6.45) is 7.68. The van der Waals surface area contributed by atoms with Crippen LogP contribution in [-0.4, -0.2) is 0 Å². The Balaban J connectivity index is 5.33. The molecule has 0 aliphatic rings. The van der Waals surface area contributed by atoms with E-state index in [2.05, 4.69) is 13.2 Å². The van der Waals surface area contributed by atoms with Crippen LogP contribution in [-0.2, 0) is 4.74 Å². The van der Waals surface area contributed by atoms with Gasteiger partial charge in [-0.3, -0.25) is 0 Å². The molecule has 0 fully saturated rings. The van der Waals surface area contributed by atoms with E-state index in [-0.39, 0.29) is 0 Å². The summed E-state index contributed by atoms with van der Waals surface area (Å²) in [5.41, 5.74) is 4.42. The van der Waals surface area contributed by atoms with E-state index in [1.165, 1.54) is 5.57 Å². The molecule has 0 rings (SSSR count). The maximum Gasteiger partial charge on any atom is 0.128 e. The predicted octanol–water partition coefficient (Wildman–Crippen LogP) is 5.86. The standard InChI is InChI=1S/C18H26O/c1-9-17(11-10-13(2)3)19-18(15(6)7)16(8)12-14(4)5/h9-12H,1,4H2,2-3,5-8H3/b16-12-,17-11+. The highest BCUT2D eigenvalue weighted by Gasteiger charge is 2.06. The maximum absolute atomic E-state index is 5.94. The van der Waals surface area contributed by atoms with Crippen LogP contribution >= 0.6 is 0 Å². The largest absolute Gasteiger partial charge is 0.457 e. The average Bonchev–Trinajstić information content (AvgIpc) is 2.27. The van der Waals surface area contributed by atoms with Gasteiger partial charge in [0.2, 0.25) is 0 Å². The van der Waals surface area contributed by atoms with Crippen molar-refractivity contribution in [1.82, 2.24) is 0 Å². The minimum Gasteiger partial charge on any atom is -0.457 e. The van der Waals surface area contributed by atoms with Crippen LogP contribution in [0.2, 0.25) is 0 Å². The molecule has 0 amide bonds. The van der Waals surface area contributed by atoms with Crippen molar-refractivity contribution in [2.75, 3.05) is 0 Å². The number of allylic oxidation sites excluding steroid dienone is 8. The third-order valence-corrected chi connectivity index (χ3v) is 2.28. The Bertz CT molecular complexity index is 460. The van der Waals surface area contributed by atoms with E-state index in [0.29, 0.717) is 0 Å². The molecule has 0 heterocycles. The van der Waals surface area contributed by atoms with Crippen LogP contribution in [0.15, 0.2) is 71.3 Å². The zero-order valence-electron chi connectivity index (χ0n) is 13.1. The molecule has 0 bridgehead atoms. The van der Waals surface area contributed by atoms with Crippen LogP contribution in [0.1, 0.15) is 41.5 Å². The van der Waals surface area contributed by atoms with Crippen molar-refractivity contribution in [2.24, 2.45) is 0 Å². The van der Waals surface area contributed by atoms with Crippen LogP contribution in [0.4, 0.5) is 0 Å². The third-order valence-electron chi connectivity index (χ3n) is 2.28. The van der Waals surface area contributed by atoms with Crippen molar-refractivity contribution in [1.29, 1.82) is 0 Å². The van der Waals surface area contributed by atoms with Gasteiger partial charge in [-0.2, -0.15) is 0 Å². The van der Waals surface area contributed by atoms with E-state index in [1.807, 2.05) is 59.8 Å². The summed E-state index contributed by atoms with van der Waals surface area (Å²) in [5, 5.41) is 0. The lowest BCUT2D eigenvalue weighted by molar-refractivity contribution is 0.325. The van der Waals surface area contributed by atoms with Gasteiger partial charge in [-0.05, 0) is 64.8 Å². The normalized spacial score (nSPS) is 11.7. The summed E-state index contributed by atoms with van der Waals surface area (Å²) in [5.74, 6) is 1.61. The van der Waals surface area contributed by atoms with Crippen molar-refractivity contribution in [2.45, 2.75) is 41.5 Å². The molecule has 0 N–H and O–H groups in total. The van der Waals surface area contributed by atoms with Gasteiger partial charge in [-0.15, -0.1) is 0 Å². The van der Waals surface area contributed by atoms with Gasteiger partial charge in [0.1, 0.15) is 11.5 Å². The highest BCUT2D eigenvalue weighted by atomic mass is 16.5. The molecule has 1 heteroatoms. The molecule has 0 aromatic rings. The zero-order valence-corrected chi connectivity index (χ0v) is 13.1. The molecule has 0 atom stereocenters. The maximum atomic E-state index is 5.94. The SMILES string of the molecule is C=C/C(=C\C=C(C)C)OC(=C(C)C)/C(C)=C\C(=C)C. The van der Waals surface area contributed by atoms with Crippen LogP contribution < -0.4 is 0 Å². The van der Waals surface area contributed by atoms with Gasteiger partial charge in [-0.1, -0.05) is 36.5 Å². The monoisotopic (exact) mass is 258 g/mol. The fourth-order valence-corrected chi connectivity index (χ4v) is 1.52. The summed E-state index contributed by atoms with van der Waals surface area (Å²) in [6.45, 7) is 19.8. The molecule has 0 saturated carbocycles. The lowest BCUT2D eigenvalue weighted by Crippen LogP contribution is -1.96. The highest BCUT2D eigenvalue weighted by molar-refractivity contribution is 5.35. The first-order valence-corrected chi connectivity index (χ1v) is 6.45. The molecule has 0 unspecified atom stereocenters. The van der Waals surface area contributed by atoms with Crippen molar-refractivity contribution in [3.63, 3.8) is 0 Å². The molecule has 0 saturated heterocycles. The van der Waals surface area contributed by atoms with Crippen LogP contribution in [0.5, 0.6) is 0 Å². The topological polar surface area (TPSA) is 9.23 Å². The minimum absolute atomic E-state index is 0.742. The van der Waals surface area contributed by atoms with Crippen LogP contribution in [0.3, 0.4) is 0 Å². The number of ether oxygens (including phenoxy) is 1. The lowest BCUT2D eigenvalue weighted by atomic mass is 10.1. The average molecular weight is 258 g/mol. The van der Waals surface area contributed by atoms with Crippen LogP contribution in [0.25, 0.3) is 0 Å². The van der Waals surface area contributed by atoms with E-state index in [0.717, 1.165) is 28.2 Å².